The number of nitro benzene ring substituents is 1. The number of hydrogen-bond donors (Lipinski definition) is 0. The molecule has 1 rings (SSSR count). The van der Waals surface area contributed by atoms with Gasteiger partial charge in [-0.25, -0.2) is 0 Å². The molecular weight excluding hydrogens is 185 g/mol. The lowest BCUT2D eigenvalue weighted by Crippen LogP contribution is -1.93. The third kappa shape index (κ3) is 1.53. The summed E-state index contributed by atoms with van der Waals surface area (Å²) in [5.41, 5.74) is -0.367. The third-order valence-corrected chi connectivity index (χ3v) is 1.66. The molecule has 0 aliphatic heterocycles. The molecule has 0 spiro atoms. The van der Waals surface area contributed by atoms with Crippen molar-refractivity contribution in [2.24, 2.45) is 0 Å². The number of halogens is 2. The highest BCUT2D eigenvalue weighted by molar-refractivity contribution is 6.31. The average molecular weight is 189 g/mol. The Morgan fingerprint density at radius 2 is 2.17 bits per heavy atom. The van der Waals surface area contributed by atoms with Crippen molar-refractivity contribution in [1.82, 2.24) is 0 Å². The van der Waals surface area contributed by atoms with Crippen LogP contribution in [0.2, 0.25) is 5.02 Å². The minimum atomic E-state index is -0.947. The summed E-state index contributed by atoms with van der Waals surface area (Å²) in [4.78, 5) is 9.36. The molecule has 0 fully saturated rings. The van der Waals surface area contributed by atoms with Gasteiger partial charge in [0, 0.05) is 11.1 Å². The lowest BCUT2D eigenvalue weighted by Gasteiger charge is -1.97. The molecule has 0 saturated carbocycles. The van der Waals surface area contributed by atoms with Gasteiger partial charge in [-0.15, -0.1) is 0 Å². The summed E-state index contributed by atoms with van der Waals surface area (Å²) < 4.78 is 12.7. The molecule has 63 valence electrons. The minimum Gasteiger partial charge on any atom is -0.258 e. The van der Waals surface area contributed by atoms with Gasteiger partial charge in [0.2, 0.25) is 5.82 Å². The predicted octanol–water partition coefficient (Wildman–Crippen LogP) is 2.57. The Balaban J connectivity index is 3.33. The summed E-state index contributed by atoms with van der Waals surface area (Å²) in [5.74, 6) is -0.947. The van der Waals surface area contributed by atoms with E-state index in [4.69, 9.17) is 11.6 Å². The first-order valence-electron chi connectivity index (χ1n) is 2.97. The van der Waals surface area contributed by atoms with Crippen molar-refractivity contribution in [3.8, 4) is 0 Å². The second-order valence-corrected chi connectivity index (χ2v) is 2.56. The van der Waals surface area contributed by atoms with Gasteiger partial charge >= 0.3 is 5.69 Å². The molecule has 3 nitrogen and oxygen atoms in total. The molecule has 0 heterocycles. The van der Waals surface area contributed by atoms with E-state index < -0.39 is 16.4 Å². The molecule has 0 aromatic heterocycles. The van der Waals surface area contributed by atoms with Crippen LogP contribution in [0.1, 0.15) is 5.56 Å². The monoisotopic (exact) mass is 188 g/mol. The summed E-state index contributed by atoms with van der Waals surface area (Å²) in [6.07, 6.45) is 0. The van der Waals surface area contributed by atoms with Crippen LogP contribution in [0, 0.1) is 22.9 Å². The zero-order valence-electron chi connectivity index (χ0n) is 5.88. The molecule has 0 saturated heterocycles. The Morgan fingerprint density at radius 3 is 2.67 bits per heavy atom. The summed E-state index contributed by atoms with van der Waals surface area (Å²) >= 11 is 5.47. The van der Waals surface area contributed by atoms with E-state index in [1.165, 1.54) is 0 Å². The van der Waals surface area contributed by atoms with E-state index in [0.29, 0.717) is 0 Å². The summed E-state index contributed by atoms with van der Waals surface area (Å²) in [7, 11) is 0. The van der Waals surface area contributed by atoms with Gasteiger partial charge in [0.05, 0.1) is 4.92 Å². The van der Waals surface area contributed by atoms with Crippen LogP contribution in [0.3, 0.4) is 0 Å². The van der Waals surface area contributed by atoms with E-state index in [0.717, 1.165) is 12.1 Å². The Labute approximate surface area is 72.9 Å². The van der Waals surface area contributed by atoms with Crippen molar-refractivity contribution in [3.63, 3.8) is 0 Å². The fraction of sp³-hybridized carbons (Fsp3) is 0. The lowest BCUT2D eigenvalue weighted by molar-refractivity contribution is -0.387. The lowest BCUT2D eigenvalue weighted by atomic mass is 10.2. The van der Waals surface area contributed by atoms with E-state index in [1.807, 2.05) is 0 Å². The SMILES string of the molecule is [CH2]c1cc([N+](=O)[O-])c(F)cc1Cl. The summed E-state index contributed by atoms with van der Waals surface area (Å²) in [6, 6.07) is 1.87. The number of benzene rings is 1. The van der Waals surface area contributed by atoms with Crippen LogP contribution in [0.5, 0.6) is 0 Å². The Bertz CT molecular complexity index is 340. The highest BCUT2D eigenvalue weighted by Crippen LogP contribution is 2.24. The second kappa shape index (κ2) is 3.06. The minimum absolute atomic E-state index is 0.0816. The molecule has 0 amide bonds. The van der Waals surface area contributed by atoms with Crippen LogP contribution in [-0.2, 0) is 0 Å². The van der Waals surface area contributed by atoms with Gasteiger partial charge in [-0.05, 0) is 18.6 Å². The molecule has 5 heteroatoms. The van der Waals surface area contributed by atoms with Crippen molar-refractivity contribution >= 4 is 17.3 Å². The average Bonchev–Trinajstić information content (AvgIpc) is 1.96. The number of rotatable bonds is 1. The maximum absolute atomic E-state index is 12.7. The topological polar surface area (TPSA) is 43.1 Å². The molecule has 1 aromatic carbocycles. The van der Waals surface area contributed by atoms with Gasteiger partial charge < -0.3 is 0 Å². The van der Waals surface area contributed by atoms with Gasteiger partial charge in [-0.1, -0.05) is 11.6 Å². The first kappa shape index (κ1) is 8.93. The van der Waals surface area contributed by atoms with Gasteiger partial charge in [-0.2, -0.15) is 4.39 Å². The maximum Gasteiger partial charge on any atom is 0.305 e. The summed E-state index contributed by atoms with van der Waals surface area (Å²) in [5, 5.41) is 10.3. The van der Waals surface area contributed by atoms with Gasteiger partial charge in [-0.3, -0.25) is 10.1 Å². The highest BCUT2D eigenvalue weighted by Gasteiger charge is 2.15. The first-order valence-corrected chi connectivity index (χ1v) is 3.35. The van der Waals surface area contributed by atoms with Crippen molar-refractivity contribution < 1.29 is 9.31 Å². The van der Waals surface area contributed by atoms with Gasteiger partial charge in [0.25, 0.3) is 0 Å². The molecule has 0 bridgehead atoms. The number of hydrogen-bond acceptors (Lipinski definition) is 2. The zero-order valence-corrected chi connectivity index (χ0v) is 6.64. The second-order valence-electron chi connectivity index (χ2n) is 2.15. The number of nitrogens with zero attached hydrogens (tertiary/aromatic N) is 1. The highest BCUT2D eigenvalue weighted by atomic mass is 35.5. The van der Waals surface area contributed by atoms with Crippen LogP contribution >= 0.6 is 11.6 Å². The molecule has 0 atom stereocenters. The van der Waals surface area contributed by atoms with Crippen LogP contribution < -0.4 is 0 Å². The van der Waals surface area contributed by atoms with E-state index in [9.17, 15) is 14.5 Å². The van der Waals surface area contributed by atoms with E-state index >= 15 is 0 Å². The Morgan fingerprint density at radius 1 is 1.58 bits per heavy atom. The van der Waals surface area contributed by atoms with Crippen LogP contribution in [0.4, 0.5) is 10.1 Å². The van der Waals surface area contributed by atoms with E-state index in [-0.39, 0.29) is 10.6 Å². The van der Waals surface area contributed by atoms with Gasteiger partial charge in [0.1, 0.15) is 0 Å². The Kier molecular flexibility index (Phi) is 2.28. The van der Waals surface area contributed by atoms with E-state index in [2.05, 4.69) is 6.92 Å². The van der Waals surface area contributed by atoms with Crippen LogP contribution in [0.25, 0.3) is 0 Å². The molecule has 1 aromatic rings. The fourth-order valence-electron chi connectivity index (χ4n) is 0.721. The molecule has 12 heavy (non-hydrogen) atoms. The van der Waals surface area contributed by atoms with Crippen molar-refractivity contribution in [3.05, 3.63) is 45.6 Å². The fourth-order valence-corrected chi connectivity index (χ4v) is 0.871. The normalized spacial score (nSPS) is 9.92. The smallest absolute Gasteiger partial charge is 0.258 e. The van der Waals surface area contributed by atoms with Crippen LogP contribution in [0.15, 0.2) is 12.1 Å². The van der Waals surface area contributed by atoms with Crippen LogP contribution in [-0.4, -0.2) is 4.92 Å². The van der Waals surface area contributed by atoms with Crippen molar-refractivity contribution in [2.45, 2.75) is 0 Å². The largest absolute Gasteiger partial charge is 0.305 e. The quantitative estimate of drug-likeness (QED) is 0.502. The van der Waals surface area contributed by atoms with Crippen molar-refractivity contribution in [2.75, 3.05) is 0 Å². The first-order chi connectivity index (χ1) is 5.52. The maximum atomic E-state index is 12.7. The third-order valence-electron chi connectivity index (χ3n) is 1.31. The summed E-state index contributed by atoms with van der Waals surface area (Å²) in [6.45, 7) is 3.40. The van der Waals surface area contributed by atoms with Crippen molar-refractivity contribution in [1.29, 1.82) is 0 Å². The number of nitro groups is 1. The Hall–Kier alpha value is -1.16. The molecule has 0 aliphatic carbocycles. The predicted molar refractivity (Wildman–Crippen MR) is 42.5 cm³/mol. The molecule has 0 aliphatic rings. The standard InChI is InChI=1S/C7H4ClFNO2/c1-4-2-7(10(11)12)6(9)3-5(4)8/h2-3H,1H2. The molecule has 1 radical (unpaired) electrons. The van der Waals surface area contributed by atoms with Gasteiger partial charge in [0.15, 0.2) is 0 Å². The molecular formula is C7H4ClFNO2. The molecule has 0 unspecified atom stereocenters. The zero-order chi connectivity index (χ0) is 9.30. The molecule has 0 N–H and O–H groups in total. The van der Waals surface area contributed by atoms with E-state index in [1.54, 1.807) is 0 Å².